The number of hydrogen-bond acceptors (Lipinski definition) is 1. The van der Waals surface area contributed by atoms with Gasteiger partial charge in [0.1, 0.15) is 0 Å². The monoisotopic (exact) mass is 186 g/mol. The second-order valence-corrected chi connectivity index (χ2v) is 5.47. The molecule has 80 valence electrons. The Labute approximate surface area is 83.5 Å². The van der Waals surface area contributed by atoms with Crippen LogP contribution in [0.1, 0.15) is 53.9 Å². The van der Waals surface area contributed by atoms with Gasteiger partial charge < -0.3 is 5.11 Å². The van der Waals surface area contributed by atoms with Gasteiger partial charge in [0.25, 0.3) is 0 Å². The van der Waals surface area contributed by atoms with E-state index < -0.39 is 0 Å². The predicted molar refractivity (Wildman–Crippen MR) is 58.7 cm³/mol. The zero-order valence-corrected chi connectivity index (χ0v) is 9.93. The highest BCUT2D eigenvalue weighted by Gasteiger charge is 2.22. The number of aliphatic hydroxyl groups is 1. The molecule has 0 heterocycles. The highest BCUT2D eigenvalue weighted by molar-refractivity contribution is 4.72. The van der Waals surface area contributed by atoms with Crippen molar-refractivity contribution in [2.45, 2.75) is 53.9 Å². The molecule has 1 nitrogen and oxygen atoms in total. The minimum atomic E-state index is 0.343. The standard InChI is InChI=1S/C12H26O/c1-6-7-10(2)11(9-13)8-12(3,4)5/h10-11,13H,6-9H2,1-5H3. The molecule has 2 unspecified atom stereocenters. The van der Waals surface area contributed by atoms with E-state index in [2.05, 4.69) is 34.6 Å². The van der Waals surface area contributed by atoms with Crippen molar-refractivity contribution in [1.82, 2.24) is 0 Å². The molecule has 0 aromatic heterocycles. The van der Waals surface area contributed by atoms with E-state index >= 15 is 0 Å². The maximum atomic E-state index is 9.29. The topological polar surface area (TPSA) is 20.2 Å². The van der Waals surface area contributed by atoms with E-state index in [1.807, 2.05) is 0 Å². The summed E-state index contributed by atoms with van der Waals surface area (Å²) in [4.78, 5) is 0. The Morgan fingerprint density at radius 2 is 1.77 bits per heavy atom. The molecule has 0 aliphatic rings. The fourth-order valence-electron chi connectivity index (χ4n) is 1.92. The SMILES string of the molecule is CCCC(C)C(CO)CC(C)(C)C. The Morgan fingerprint density at radius 1 is 1.23 bits per heavy atom. The Kier molecular flexibility index (Phi) is 5.62. The molecule has 2 atom stereocenters. The minimum Gasteiger partial charge on any atom is -0.396 e. The normalized spacial score (nSPS) is 17.1. The molecule has 0 saturated carbocycles. The van der Waals surface area contributed by atoms with Crippen molar-refractivity contribution >= 4 is 0 Å². The molecule has 0 aliphatic heterocycles. The fourth-order valence-corrected chi connectivity index (χ4v) is 1.92. The Hall–Kier alpha value is -0.0400. The average molecular weight is 186 g/mol. The highest BCUT2D eigenvalue weighted by Crippen LogP contribution is 2.30. The van der Waals surface area contributed by atoms with Gasteiger partial charge in [-0.1, -0.05) is 47.5 Å². The van der Waals surface area contributed by atoms with Gasteiger partial charge in [-0.15, -0.1) is 0 Å². The van der Waals surface area contributed by atoms with Crippen molar-refractivity contribution < 1.29 is 5.11 Å². The molecular weight excluding hydrogens is 160 g/mol. The second kappa shape index (κ2) is 5.64. The molecule has 0 rings (SSSR count). The van der Waals surface area contributed by atoms with Gasteiger partial charge in [-0.2, -0.15) is 0 Å². The van der Waals surface area contributed by atoms with Crippen molar-refractivity contribution in [3.05, 3.63) is 0 Å². The Balaban J connectivity index is 4.01. The molecular formula is C12H26O. The first-order valence-corrected chi connectivity index (χ1v) is 5.51. The fraction of sp³-hybridized carbons (Fsp3) is 1.00. The molecule has 1 heteroatoms. The van der Waals surface area contributed by atoms with E-state index in [1.54, 1.807) is 0 Å². The van der Waals surface area contributed by atoms with Crippen molar-refractivity contribution in [2.24, 2.45) is 17.3 Å². The van der Waals surface area contributed by atoms with Gasteiger partial charge in [0.2, 0.25) is 0 Å². The summed E-state index contributed by atoms with van der Waals surface area (Å²) in [5.74, 6) is 1.15. The van der Waals surface area contributed by atoms with E-state index in [-0.39, 0.29) is 0 Å². The van der Waals surface area contributed by atoms with Crippen LogP contribution in [0, 0.1) is 17.3 Å². The molecule has 13 heavy (non-hydrogen) atoms. The number of hydrogen-bond donors (Lipinski definition) is 1. The smallest absolute Gasteiger partial charge is 0.0462 e. The third-order valence-corrected chi connectivity index (χ3v) is 2.66. The Bertz CT molecular complexity index is 124. The molecule has 0 aliphatic carbocycles. The molecule has 0 fully saturated rings. The van der Waals surface area contributed by atoms with Gasteiger partial charge in [0, 0.05) is 6.61 Å². The first-order valence-electron chi connectivity index (χ1n) is 5.51. The van der Waals surface area contributed by atoms with Crippen LogP contribution in [0.15, 0.2) is 0 Å². The lowest BCUT2D eigenvalue weighted by Crippen LogP contribution is -2.22. The van der Waals surface area contributed by atoms with Gasteiger partial charge >= 0.3 is 0 Å². The molecule has 0 radical (unpaired) electrons. The van der Waals surface area contributed by atoms with Crippen LogP contribution >= 0.6 is 0 Å². The van der Waals surface area contributed by atoms with Crippen molar-refractivity contribution in [2.75, 3.05) is 6.61 Å². The maximum Gasteiger partial charge on any atom is 0.0462 e. The molecule has 0 bridgehead atoms. The predicted octanol–water partition coefficient (Wildman–Crippen LogP) is 3.47. The number of rotatable bonds is 5. The molecule has 0 saturated heterocycles. The van der Waals surface area contributed by atoms with Crippen LogP contribution in [-0.2, 0) is 0 Å². The lowest BCUT2D eigenvalue weighted by molar-refractivity contribution is 0.132. The quantitative estimate of drug-likeness (QED) is 0.697. The van der Waals surface area contributed by atoms with Crippen molar-refractivity contribution in [3.63, 3.8) is 0 Å². The summed E-state index contributed by atoms with van der Waals surface area (Å²) in [6.45, 7) is 11.5. The summed E-state index contributed by atoms with van der Waals surface area (Å²) in [5, 5.41) is 9.29. The summed E-state index contributed by atoms with van der Waals surface area (Å²) in [5.41, 5.74) is 0.343. The second-order valence-electron chi connectivity index (χ2n) is 5.47. The largest absolute Gasteiger partial charge is 0.396 e. The third-order valence-electron chi connectivity index (χ3n) is 2.66. The molecule has 0 aromatic rings. The van der Waals surface area contributed by atoms with Gasteiger partial charge in [-0.25, -0.2) is 0 Å². The zero-order valence-electron chi connectivity index (χ0n) is 9.93. The zero-order chi connectivity index (χ0) is 10.5. The van der Waals surface area contributed by atoms with E-state index in [9.17, 15) is 5.11 Å². The van der Waals surface area contributed by atoms with E-state index in [0.29, 0.717) is 23.9 Å². The Morgan fingerprint density at radius 3 is 2.08 bits per heavy atom. The lowest BCUT2D eigenvalue weighted by atomic mass is 9.78. The molecule has 0 amide bonds. The van der Waals surface area contributed by atoms with Crippen LogP contribution in [0.4, 0.5) is 0 Å². The molecule has 0 aromatic carbocycles. The first-order chi connectivity index (χ1) is 5.90. The van der Waals surface area contributed by atoms with Crippen LogP contribution in [0.25, 0.3) is 0 Å². The summed E-state index contributed by atoms with van der Waals surface area (Å²) >= 11 is 0. The summed E-state index contributed by atoms with van der Waals surface area (Å²) < 4.78 is 0. The van der Waals surface area contributed by atoms with Crippen molar-refractivity contribution in [3.8, 4) is 0 Å². The van der Waals surface area contributed by atoms with Gasteiger partial charge in [-0.3, -0.25) is 0 Å². The van der Waals surface area contributed by atoms with Crippen LogP contribution < -0.4 is 0 Å². The highest BCUT2D eigenvalue weighted by atomic mass is 16.3. The lowest BCUT2D eigenvalue weighted by Gasteiger charge is -2.28. The first kappa shape index (κ1) is 13.0. The third kappa shape index (κ3) is 6.09. The van der Waals surface area contributed by atoms with E-state index in [1.165, 1.54) is 12.8 Å². The van der Waals surface area contributed by atoms with Gasteiger partial charge in [0.05, 0.1) is 0 Å². The summed E-state index contributed by atoms with van der Waals surface area (Å²) in [6.07, 6.45) is 3.59. The van der Waals surface area contributed by atoms with Gasteiger partial charge in [-0.05, 0) is 23.7 Å². The van der Waals surface area contributed by atoms with Crippen LogP contribution in [0.2, 0.25) is 0 Å². The summed E-state index contributed by atoms with van der Waals surface area (Å²) in [6, 6.07) is 0. The average Bonchev–Trinajstić information content (AvgIpc) is 1.99. The molecule has 1 N–H and O–H groups in total. The maximum absolute atomic E-state index is 9.29. The van der Waals surface area contributed by atoms with E-state index in [0.717, 1.165) is 6.42 Å². The van der Waals surface area contributed by atoms with E-state index in [4.69, 9.17) is 0 Å². The minimum absolute atomic E-state index is 0.343. The van der Waals surface area contributed by atoms with Crippen LogP contribution in [0.3, 0.4) is 0 Å². The number of aliphatic hydroxyl groups excluding tert-OH is 1. The van der Waals surface area contributed by atoms with Gasteiger partial charge in [0.15, 0.2) is 0 Å². The van der Waals surface area contributed by atoms with Crippen molar-refractivity contribution in [1.29, 1.82) is 0 Å². The van der Waals surface area contributed by atoms with Crippen LogP contribution in [-0.4, -0.2) is 11.7 Å². The molecule has 0 spiro atoms. The van der Waals surface area contributed by atoms with Crippen LogP contribution in [0.5, 0.6) is 0 Å². The summed E-state index contributed by atoms with van der Waals surface area (Å²) in [7, 11) is 0.